The van der Waals surface area contributed by atoms with E-state index in [1.807, 2.05) is 35.5 Å². The molecule has 0 radical (unpaired) electrons. The first-order valence-corrected chi connectivity index (χ1v) is 7.94. The summed E-state index contributed by atoms with van der Waals surface area (Å²) in [5, 5.41) is 0.996. The SMILES string of the molecule is Nc1cc(-c2c[nH]c(C(=O)N3CCCCC3)c2)c2cc[nH]c2n1. The van der Waals surface area contributed by atoms with E-state index in [1.54, 1.807) is 0 Å². The summed E-state index contributed by atoms with van der Waals surface area (Å²) in [6.07, 6.45) is 7.08. The number of nitrogens with zero attached hydrogens (tertiary/aromatic N) is 2. The Morgan fingerprint density at radius 1 is 1.17 bits per heavy atom. The van der Waals surface area contributed by atoms with Crippen LogP contribution in [0.25, 0.3) is 22.2 Å². The summed E-state index contributed by atoms with van der Waals surface area (Å²) in [4.78, 5) is 25.0. The highest BCUT2D eigenvalue weighted by molar-refractivity contribution is 5.98. The maximum atomic E-state index is 12.6. The molecule has 3 aromatic heterocycles. The van der Waals surface area contributed by atoms with Crippen molar-refractivity contribution in [2.45, 2.75) is 19.3 Å². The monoisotopic (exact) mass is 309 g/mol. The zero-order valence-corrected chi connectivity index (χ0v) is 12.8. The van der Waals surface area contributed by atoms with Gasteiger partial charge >= 0.3 is 0 Å². The zero-order chi connectivity index (χ0) is 15.8. The molecule has 1 aliphatic rings. The van der Waals surface area contributed by atoms with E-state index in [2.05, 4.69) is 15.0 Å². The number of piperidine rings is 1. The number of fused-ring (bicyclic) bond motifs is 1. The maximum Gasteiger partial charge on any atom is 0.270 e. The number of rotatable bonds is 2. The highest BCUT2D eigenvalue weighted by Crippen LogP contribution is 2.30. The molecule has 0 aromatic carbocycles. The minimum absolute atomic E-state index is 0.0725. The Balaban J connectivity index is 1.69. The molecule has 3 aromatic rings. The largest absolute Gasteiger partial charge is 0.384 e. The lowest BCUT2D eigenvalue weighted by Crippen LogP contribution is -2.35. The molecular weight excluding hydrogens is 290 g/mol. The molecule has 6 nitrogen and oxygen atoms in total. The molecule has 4 N–H and O–H groups in total. The molecule has 1 amide bonds. The number of aromatic amines is 2. The number of likely N-dealkylation sites (tertiary alicyclic amines) is 1. The van der Waals surface area contributed by atoms with Gasteiger partial charge in [-0.05, 0) is 43.0 Å². The Kier molecular flexibility index (Phi) is 3.29. The Hall–Kier alpha value is -2.76. The first-order valence-electron chi connectivity index (χ1n) is 7.94. The topological polar surface area (TPSA) is 90.8 Å². The second-order valence-electron chi connectivity index (χ2n) is 5.99. The number of H-pyrrole nitrogens is 2. The number of pyridine rings is 1. The molecule has 4 heterocycles. The fourth-order valence-electron chi connectivity index (χ4n) is 3.24. The van der Waals surface area contributed by atoms with Gasteiger partial charge in [-0.15, -0.1) is 0 Å². The van der Waals surface area contributed by atoms with Crippen LogP contribution in [0.1, 0.15) is 29.8 Å². The fraction of sp³-hybridized carbons (Fsp3) is 0.294. The number of nitrogens with one attached hydrogen (secondary N) is 2. The van der Waals surface area contributed by atoms with Crippen molar-refractivity contribution >= 4 is 22.8 Å². The standard InChI is InChI=1S/C17H19N5O/c18-15-9-13(12-4-5-19-16(12)21-15)11-8-14(20-10-11)17(23)22-6-2-1-3-7-22/h4-5,8-10,20H,1-3,6-7H2,(H3,18,19,21). The number of hydrogen-bond acceptors (Lipinski definition) is 3. The number of hydrogen-bond donors (Lipinski definition) is 3. The summed E-state index contributed by atoms with van der Waals surface area (Å²) in [6.45, 7) is 1.69. The minimum Gasteiger partial charge on any atom is -0.384 e. The number of amides is 1. The van der Waals surface area contributed by atoms with Gasteiger partial charge in [0.2, 0.25) is 0 Å². The van der Waals surface area contributed by atoms with Crippen molar-refractivity contribution < 1.29 is 4.79 Å². The quantitative estimate of drug-likeness (QED) is 0.680. The van der Waals surface area contributed by atoms with Crippen LogP contribution < -0.4 is 5.73 Å². The van der Waals surface area contributed by atoms with Crippen LogP contribution in [-0.4, -0.2) is 38.8 Å². The second-order valence-corrected chi connectivity index (χ2v) is 5.99. The van der Waals surface area contributed by atoms with Crippen LogP contribution in [0.3, 0.4) is 0 Å². The van der Waals surface area contributed by atoms with Gasteiger partial charge in [-0.2, -0.15) is 0 Å². The third kappa shape index (κ3) is 2.46. The smallest absolute Gasteiger partial charge is 0.270 e. The average molecular weight is 309 g/mol. The Bertz CT molecular complexity index is 857. The van der Waals surface area contributed by atoms with Crippen LogP contribution in [-0.2, 0) is 0 Å². The van der Waals surface area contributed by atoms with E-state index in [4.69, 9.17) is 5.73 Å². The first kappa shape index (κ1) is 13.9. The van der Waals surface area contributed by atoms with Gasteiger partial charge in [0.1, 0.15) is 17.2 Å². The highest BCUT2D eigenvalue weighted by Gasteiger charge is 2.20. The Morgan fingerprint density at radius 2 is 2.00 bits per heavy atom. The van der Waals surface area contributed by atoms with Crippen LogP contribution in [0.15, 0.2) is 30.6 Å². The van der Waals surface area contributed by atoms with E-state index >= 15 is 0 Å². The second kappa shape index (κ2) is 5.46. The molecule has 1 aliphatic heterocycles. The molecular formula is C17H19N5O. The van der Waals surface area contributed by atoms with E-state index < -0.39 is 0 Å². The molecule has 0 unspecified atom stereocenters. The van der Waals surface area contributed by atoms with Gasteiger partial charge in [0, 0.05) is 36.4 Å². The zero-order valence-electron chi connectivity index (χ0n) is 12.8. The van der Waals surface area contributed by atoms with Gasteiger partial charge in [-0.3, -0.25) is 4.79 Å². The Labute approximate surface area is 133 Å². The predicted molar refractivity (Wildman–Crippen MR) is 90.0 cm³/mol. The van der Waals surface area contributed by atoms with E-state index in [1.165, 1.54) is 6.42 Å². The number of carbonyl (C=O) groups excluding carboxylic acids is 1. The van der Waals surface area contributed by atoms with Crippen LogP contribution in [0, 0.1) is 0 Å². The number of carbonyl (C=O) groups is 1. The van der Waals surface area contributed by atoms with E-state index in [0.29, 0.717) is 11.5 Å². The van der Waals surface area contributed by atoms with Crippen LogP contribution in [0.2, 0.25) is 0 Å². The summed E-state index contributed by atoms with van der Waals surface area (Å²) >= 11 is 0. The molecule has 1 saturated heterocycles. The summed E-state index contributed by atoms with van der Waals surface area (Å²) in [6, 6.07) is 5.71. The summed E-state index contributed by atoms with van der Waals surface area (Å²) in [5.41, 5.74) is 9.19. The lowest BCUT2D eigenvalue weighted by atomic mass is 10.1. The van der Waals surface area contributed by atoms with Gasteiger partial charge in [0.15, 0.2) is 0 Å². The third-order valence-electron chi connectivity index (χ3n) is 4.42. The first-order chi connectivity index (χ1) is 11.2. The molecule has 118 valence electrons. The van der Waals surface area contributed by atoms with Crippen molar-refractivity contribution in [3.05, 3.63) is 36.3 Å². The predicted octanol–water partition coefficient (Wildman–Crippen LogP) is 2.77. The number of aromatic nitrogens is 3. The maximum absolute atomic E-state index is 12.6. The molecule has 0 atom stereocenters. The summed E-state index contributed by atoms with van der Waals surface area (Å²) < 4.78 is 0. The van der Waals surface area contributed by atoms with Gasteiger partial charge in [0.05, 0.1) is 0 Å². The van der Waals surface area contributed by atoms with E-state index in [-0.39, 0.29) is 5.91 Å². The van der Waals surface area contributed by atoms with Crippen LogP contribution in [0.5, 0.6) is 0 Å². The van der Waals surface area contributed by atoms with Gasteiger partial charge in [-0.1, -0.05) is 0 Å². The van der Waals surface area contributed by atoms with Gasteiger partial charge in [0.25, 0.3) is 5.91 Å². The van der Waals surface area contributed by atoms with Gasteiger partial charge in [-0.25, -0.2) is 4.98 Å². The molecule has 0 aliphatic carbocycles. The molecule has 0 saturated carbocycles. The molecule has 6 heteroatoms. The molecule has 4 rings (SSSR count). The molecule has 23 heavy (non-hydrogen) atoms. The highest BCUT2D eigenvalue weighted by atomic mass is 16.2. The number of anilines is 1. The van der Waals surface area contributed by atoms with E-state index in [9.17, 15) is 4.79 Å². The normalized spacial score (nSPS) is 15.2. The minimum atomic E-state index is 0.0725. The van der Waals surface area contributed by atoms with Crippen molar-refractivity contribution in [3.63, 3.8) is 0 Å². The van der Waals surface area contributed by atoms with Crippen molar-refractivity contribution in [1.29, 1.82) is 0 Å². The Morgan fingerprint density at radius 3 is 2.83 bits per heavy atom. The fourth-order valence-corrected chi connectivity index (χ4v) is 3.24. The van der Waals surface area contributed by atoms with Crippen LogP contribution >= 0.6 is 0 Å². The third-order valence-corrected chi connectivity index (χ3v) is 4.42. The lowest BCUT2D eigenvalue weighted by Gasteiger charge is -2.26. The molecule has 0 bridgehead atoms. The summed E-state index contributed by atoms with van der Waals surface area (Å²) in [7, 11) is 0. The lowest BCUT2D eigenvalue weighted by molar-refractivity contribution is 0.0719. The summed E-state index contributed by atoms with van der Waals surface area (Å²) in [5.74, 6) is 0.531. The molecule has 1 fully saturated rings. The van der Waals surface area contributed by atoms with E-state index in [0.717, 1.165) is 48.1 Å². The van der Waals surface area contributed by atoms with Crippen molar-refractivity contribution in [2.75, 3.05) is 18.8 Å². The molecule has 0 spiro atoms. The van der Waals surface area contributed by atoms with Crippen LogP contribution in [0.4, 0.5) is 5.82 Å². The van der Waals surface area contributed by atoms with Crippen molar-refractivity contribution in [1.82, 2.24) is 19.9 Å². The number of nitrogen functional groups attached to an aromatic ring is 1. The number of nitrogens with two attached hydrogens (primary N) is 1. The van der Waals surface area contributed by atoms with Crippen molar-refractivity contribution in [3.8, 4) is 11.1 Å². The van der Waals surface area contributed by atoms with Gasteiger partial charge < -0.3 is 20.6 Å². The average Bonchev–Trinajstić information content (AvgIpc) is 3.23. The van der Waals surface area contributed by atoms with Crippen molar-refractivity contribution in [2.24, 2.45) is 0 Å².